The minimum Gasteiger partial charge on any atom is -0.496 e. The molecule has 156 valence electrons. The van der Waals surface area contributed by atoms with E-state index in [0.29, 0.717) is 17.8 Å². The van der Waals surface area contributed by atoms with E-state index >= 15 is 0 Å². The molecular formula is C23H22N6O2. The topological polar surface area (TPSA) is 90.1 Å². The summed E-state index contributed by atoms with van der Waals surface area (Å²) in [6.45, 7) is 4.01. The molecular weight excluding hydrogens is 392 g/mol. The summed E-state index contributed by atoms with van der Waals surface area (Å²) >= 11 is 0. The number of methoxy groups -OCH3 is 1. The van der Waals surface area contributed by atoms with Gasteiger partial charge in [0, 0.05) is 23.6 Å². The molecule has 0 aliphatic rings. The molecule has 0 spiro atoms. The summed E-state index contributed by atoms with van der Waals surface area (Å²) in [7, 11) is 1.63. The lowest BCUT2D eigenvalue weighted by atomic mass is 10.1. The lowest BCUT2D eigenvalue weighted by Crippen LogP contribution is -2.18. The number of nitrogens with one attached hydrogen (secondary N) is 1. The molecule has 5 rings (SSSR count). The zero-order chi connectivity index (χ0) is 21.5. The van der Waals surface area contributed by atoms with E-state index in [1.807, 2.05) is 60.1 Å². The number of rotatable bonds is 5. The number of aromatic nitrogens is 6. The van der Waals surface area contributed by atoms with Crippen LogP contribution in [0, 0.1) is 6.92 Å². The van der Waals surface area contributed by atoms with Crippen molar-refractivity contribution in [1.82, 2.24) is 29.6 Å². The molecule has 0 aliphatic carbocycles. The van der Waals surface area contributed by atoms with Crippen LogP contribution < -0.4 is 10.3 Å². The fourth-order valence-corrected chi connectivity index (χ4v) is 4.02. The fraction of sp³-hybridized carbons (Fsp3) is 0.217. The van der Waals surface area contributed by atoms with Crippen molar-refractivity contribution in [2.45, 2.75) is 26.3 Å². The maximum atomic E-state index is 12.9. The van der Waals surface area contributed by atoms with Crippen molar-refractivity contribution < 1.29 is 4.74 Å². The Balaban J connectivity index is 1.55. The van der Waals surface area contributed by atoms with E-state index < -0.39 is 0 Å². The number of aromatic amines is 1. The van der Waals surface area contributed by atoms with Crippen LogP contribution in [0.3, 0.4) is 0 Å². The quantitative estimate of drug-likeness (QED) is 0.475. The van der Waals surface area contributed by atoms with Gasteiger partial charge in [-0.25, -0.2) is 14.2 Å². The summed E-state index contributed by atoms with van der Waals surface area (Å²) in [6, 6.07) is 17.1. The molecule has 3 heterocycles. The van der Waals surface area contributed by atoms with Crippen LogP contribution in [0.15, 0.2) is 59.4 Å². The second kappa shape index (κ2) is 7.39. The van der Waals surface area contributed by atoms with Crippen LogP contribution >= 0.6 is 0 Å². The molecule has 5 aromatic rings. The lowest BCUT2D eigenvalue weighted by molar-refractivity contribution is 0.416. The molecule has 8 nitrogen and oxygen atoms in total. The SMILES string of the molecule is COc1ccccc1-c1[nH]n2c(=O)cc(C[C@@H](C)n3nnc4ccccc43)nc2c1C. The number of benzene rings is 2. The second-order valence-corrected chi connectivity index (χ2v) is 7.63. The Bertz CT molecular complexity index is 1460. The first-order valence-electron chi connectivity index (χ1n) is 10.1. The molecule has 2 aromatic carbocycles. The summed E-state index contributed by atoms with van der Waals surface area (Å²) in [6.07, 6.45) is 0.563. The number of hydrogen-bond acceptors (Lipinski definition) is 5. The van der Waals surface area contributed by atoms with Gasteiger partial charge in [-0.15, -0.1) is 5.10 Å². The number of ether oxygens (including phenoxy) is 1. The molecule has 3 aromatic heterocycles. The molecule has 0 bridgehead atoms. The predicted molar refractivity (Wildman–Crippen MR) is 118 cm³/mol. The summed E-state index contributed by atoms with van der Waals surface area (Å²) in [5, 5.41) is 11.7. The maximum Gasteiger partial charge on any atom is 0.272 e. The smallest absolute Gasteiger partial charge is 0.272 e. The number of para-hydroxylation sites is 2. The monoisotopic (exact) mass is 414 g/mol. The highest BCUT2D eigenvalue weighted by Gasteiger charge is 2.18. The minimum absolute atomic E-state index is 0.00492. The lowest BCUT2D eigenvalue weighted by Gasteiger charge is -2.12. The molecule has 1 atom stereocenters. The Morgan fingerprint density at radius 2 is 1.90 bits per heavy atom. The van der Waals surface area contributed by atoms with Gasteiger partial charge >= 0.3 is 0 Å². The van der Waals surface area contributed by atoms with E-state index in [1.165, 1.54) is 4.52 Å². The maximum absolute atomic E-state index is 12.9. The second-order valence-electron chi connectivity index (χ2n) is 7.63. The number of fused-ring (bicyclic) bond motifs is 2. The van der Waals surface area contributed by atoms with Crippen molar-refractivity contribution in [2.24, 2.45) is 0 Å². The third-order valence-electron chi connectivity index (χ3n) is 5.58. The molecule has 0 saturated heterocycles. The van der Waals surface area contributed by atoms with Crippen molar-refractivity contribution >= 4 is 16.7 Å². The molecule has 0 radical (unpaired) electrons. The van der Waals surface area contributed by atoms with Crippen molar-refractivity contribution in [2.75, 3.05) is 7.11 Å². The highest BCUT2D eigenvalue weighted by atomic mass is 16.5. The Kier molecular flexibility index (Phi) is 4.54. The van der Waals surface area contributed by atoms with Gasteiger partial charge in [0.2, 0.25) is 0 Å². The Morgan fingerprint density at radius 1 is 1.13 bits per heavy atom. The first-order valence-corrected chi connectivity index (χ1v) is 10.1. The zero-order valence-electron chi connectivity index (χ0n) is 17.5. The van der Waals surface area contributed by atoms with Crippen molar-refractivity contribution in [3.63, 3.8) is 0 Å². The number of H-pyrrole nitrogens is 1. The number of aryl methyl sites for hydroxylation is 1. The van der Waals surface area contributed by atoms with Crippen LogP contribution in [0.4, 0.5) is 0 Å². The average Bonchev–Trinajstić information content (AvgIpc) is 3.36. The fourth-order valence-electron chi connectivity index (χ4n) is 4.02. The van der Waals surface area contributed by atoms with Crippen LogP contribution in [0.25, 0.3) is 27.9 Å². The van der Waals surface area contributed by atoms with Gasteiger partial charge in [-0.05, 0) is 38.1 Å². The van der Waals surface area contributed by atoms with E-state index in [0.717, 1.165) is 33.6 Å². The van der Waals surface area contributed by atoms with Crippen LogP contribution in [0.5, 0.6) is 5.75 Å². The normalized spacial score (nSPS) is 12.5. The number of nitrogens with zero attached hydrogens (tertiary/aromatic N) is 5. The van der Waals surface area contributed by atoms with Gasteiger partial charge in [0.1, 0.15) is 11.3 Å². The predicted octanol–water partition coefficient (Wildman–Crippen LogP) is 3.56. The molecule has 1 N–H and O–H groups in total. The first kappa shape index (κ1) is 19.0. The minimum atomic E-state index is -0.153. The molecule has 0 amide bonds. The van der Waals surface area contributed by atoms with Gasteiger partial charge in [-0.1, -0.05) is 29.5 Å². The summed E-state index contributed by atoms with van der Waals surface area (Å²) < 4.78 is 8.85. The van der Waals surface area contributed by atoms with Crippen molar-refractivity contribution in [1.29, 1.82) is 0 Å². The summed E-state index contributed by atoms with van der Waals surface area (Å²) in [4.78, 5) is 17.7. The number of hydrogen-bond donors (Lipinski definition) is 1. The Labute approximate surface area is 178 Å². The van der Waals surface area contributed by atoms with E-state index in [9.17, 15) is 4.79 Å². The molecule has 31 heavy (non-hydrogen) atoms. The van der Waals surface area contributed by atoms with Crippen LogP contribution in [0.2, 0.25) is 0 Å². The first-order chi connectivity index (χ1) is 15.1. The third kappa shape index (κ3) is 3.16. The molecule has 0 unspecified atom stereocenters. The largest absolute Gasteiger partial charge is 0.496 e. The van der Waals surface area contributed by atoms with Gasteiger partial charge in [-0.3, -0.25) is 9.89 Å². The van der Waals surface area contributed by atoms with Crippen LogP contribution in [-0.4, -0.2) is 36.7 Å². The van der Waals surface area contributed by atoms with Crippen LogP contribution in [0.1, 0.15) is 24.2 Å². The molecule has 0 saturated carbocycles. The highest BCUT2D eigenvalue weighted by Crippen LogP contribution is 2.32. The Hall–Kier alpha value is -3.94. The van der Waals surface area contributed by atoms with Gasteiger partial charge in [-0.2, -0.15) is 0 Å². The van der Waals surface area contributed by atoms with Gasteiger partial charge in [0.25, 0.3) is 5.56 Å². The highest BCUT2D eigenvalue weighted by molar-refractivity contribution is 5.75. The third-order valence-corrected chi connectivity index (χ3v) is 5.58. The molecule has 0 aliphatic heterocycles. The van der Waals surface area contributed by atoms with Crippen molar-refractivity contribution in [3.8, 4) is 17.0 Å². The van der Waals surface area contributed by atoms with Gasteiger partial charge < -0.3 is 4.74 Å². The summed E-state index contributed by atoms with van der Waals surface area (Å²) in [5.41, 5.74) is 5.57. The summed E-state index contributed by atoms with van der Waals surface area (Å²) in [5.74, 6) is 0.733. The Morgan fingerprint density at radius 3 is 2.74 bits per heavy atom. The van der Waals surface area contributed by atoms with E-state index in [-0.39, 0.29) is 11.6 Å². The van der Waals surface area contributed by atoms with E-state index in [2.05, 4.69) is 22.3 Å². The van der Waals surface area contributed by atoms with Gasteiger partial charge in [0.05, 0.1) is 30.1 Å². The van der Waals surface area contributed by atoms with Crippen LogP contribution in [-0.2, 0) is 6.42 Å². The molecule has 8 heteroatoms. The van der Waals surface area contributed by atoms with Gasteiger partial charge in [0.15, 0.2) is 5.65 Å². The van der Waals surface area contributed by atoms with E-state index in [4.69, 9.17) is 9.72 Å². The van der Waals surface area contributed by atoms with E-state index in [1.54, 1.807) is 13.2 Å². The average molecular weight is 414 g/mol. The zero-order valence-corrected chi connectivity index (χ0v) is 17.5. The molecule has 0 fully saturated rings. The standard InChI is InChI=1S/C23H22N6O2/c1-14(28-19-10-6-5-9-18(19)25-27-28)12-16-13-21(30)29-23(24-16)15(2)22(26-29)17-8-4-7-11-20(17)31-3/h4-11,13-14,26H,12H2,1-3H3/t14-/m1/s1. The van der Waals surface area contributed by atoms with Crippen molar-refractivity contribution in [3.05, 3.63) is 76.2 Å².